The number of rotatable bonds is 32. The molecule has 7 rings (SSSR count). The van der Waals surface area contributed by atoms with Crippen LogP contribution in [0.4, 0.5) is 0 Å². The molecule has 0 saturated carbocycles. The number of nitrogens with one attached hydrogen (secondary N) is 1. The Hall–Kier alpha value is -5.62. The van der Waals surface area contributed by atoms with Crippen LogP contribution < -0.4 is 10.1 Å². The first kappa shape index (κ1) is 59.6. The molecule has 0 aliphatic carbocycles. The summed E-state index contributed by atoms with van der Waals surface area (Å²) in [6, 6.07) is 10.7. The number of amides is 4. The van der Waals surface area contributed by atoms with Gasteiger partial charge in [-0.1, -0.05) is 29.8 Å². The molecule has 3 aliphatic rings. The van der Waals surface area contributed by atoms with Crippen LogP contribution in [0.3, 0.4) is 0 Å². The van der Waals surface area contributed by atoms with Gasteiger partial charge in [0, 0.05) is 73.1 Å². The monoisotopic (exact) mass is 1090 g/mol. The van der Waals surface area contributed by atoms with Crippen LogP contribution in [0.1, 0.15) is 119 Å². The number of ether oxygens (including phenoxy) is 8. The van der Waals surface area contributed by atoms with Crippen LogP contribution in [0.2, 0.25) is 5.02 Å². The summed E-state index contributed by atoms with van der Waals surface area (Å²) < 4.78 is 45.3. The number of carbonyl (C=O) groups excluding carboxylic acids is 6. The van der Waals surface area contributed by atoms with E-state index in [4.69, 9.17) is 54.5 Å². The Morgan fingerprint density at radius 1 is 0.711 bits per heavy atom. The predicted molar refractivity (Wildman–Crippen MR) is 282 cm³/mol. The van der Waals surface area contributed by atoms with Gasteiger partial charge in [0.2, 0.25) is 11.8 Å². The number of aliphatic imine (C=N–C) groups is 1. The van der Waals surface area contributed by atoms with Crippen LogP contribution >= 0.6 is 22.9 Å². The zero-order chi connectivity index (χ0) is 54.4. The lowest BCUT2D eigenvalue weighted by Gasteiger charge is -2.27. The number of Topliss-reactive ketones (excluding diaryl/α,β-unsaturated/α-hetero) is 2. The second-order valence-electron chi connectivity index (χ2n) is 17.8. The molecule has 2 aromatic carbocycles. The number of benzene rings is 2. The number of aromatic nitrogens is 3. The highest BCUT2D eigenvalue weighted by atomic mass is 35.5. The van der Waals surface area contributed by atoms with Crippen molar-refractivity contribution in [2.24, 2.45) is 4.99 Å². The number of imide groups is 2. The Kier molecular flexibility index (Phi) is 24.3. The van der Waals surface area contributed by atoms with Crippen molar-refractivity contribution in [2.45, 2.75) is 91.6 Å². The van der Waals surface area contributed by atoms with Crippen LogP contribution in [0.25, 0.3) is 5.00 Å². The van der Waals surface area contributed by atoms with Gasteiger partial charge in [-0.2, -0.15) is 0 Å². The highest BCUT2D eigenvalue weighted by Crippen LogP contribution is 2.40. The van der Waals surface area contributed by atoms with Gasteiger partial charge in [0.15, 0.2) is 11.6 Å². The van der Waals surface area contributed by atoms with Crippen molar-refractivity contribution in [3.05, 3.63) is 91.8 Å². The predicted octanol–water partition coefficient (Wildman–Crippen LogP) is 6.51. The third-order valence-corrected chi connectivity index (χ3v) is 13.8. The number of carbonyl (C=O) groups is 6. The van der Waals surface area contributed by atoms with Crippen molar-refractivity contribution in [1.29, 1.82) is 0 Å². The second-order valence-corrected chi connectivity index (χ2v) is 19.4. The van der Waals surface area contributed by atoms with Gasteiger partial charge < -0.3 is 37.9 Å². The first-order chi connectivity index (χ1) is 36.8. The summed E-state index contributed by atoms with van der Waals surface area (Å²) in [5, 5.41) is 12.7. The van der Waals surface area contributed by atoms with Gasteiger partial charge in [-0.15, -0.1) is 21.5 Å². The molecule has 5 heterocycles. The summed E-state index contributed by atoms with van der Waals surface area (Å²) in [6.07, 6.45) is 2.12. The van der Waals surface area contributed by atoms with E-state index < -0.39 is 35.7 Å². The molecule has 1 fully saturated rings. The highest BCUT2D eigenvalue weighted by molar-refractivity contribution is 7.15. The molecule has 76 heavy (non-hydrogen) atoms. The Morgan fingerprint density at radius 2 is 1.29 bits per heavy atom. The number of nitrogens with zero attached hydrogens (tertiary/aromatic N) is 5. The van der Waals surface area contributed by atoms with E-state index in [2.05, 4.69) is 33.9 Å². The maximum Gasteiger partial charge on any atom is 0.266 e. The summed E-state index contributed by atoms with van der Waals surface area (Å²) in [4.78, 5) is 82.0. The average Bonchev–Trinajstić information content (AvgIpc) is 4.03. The van der Waals surface area contributed by atoms with E-state index in [0.29, 0.717) is 123 Å². The van der Waals surface area contributed by atoms with Crippen molar-refractivity contribution in [1.82, 2.24) is 25.0 Å². The minimum atomic E-state index is -1.07. The zero-order valence-corrected chi connectivity index (χ0v) is 45.6. The lowest BCUT2D eigenvalue weighted by atomic mass is 9.99. The van der Waals surface area contributed by atoms with E-state index in [-0.39, 0.29) is 60.7 Å². The van der Waals surface area contributed by atoms with E-state index in [1.54, 1.807) is 17.4 Å². The number of hydrogen-bond acceptors (Lipinski definition) is 18. The fourth-order valence-electron chi connectivity index (χ4n) is 8.42. The third-order valence-electron chi connectivity index (χ3n) is 12.4. The largest absolute Gasteiger partial charge is 0.485 e. The summed E-state index contributed by atoms with van der Waals surface area (Å²) >= 11 is 7.89. The fraction of sp³-hybridized carbons (Fsp3) is 0.537. The van der Waals surface area contributed by atoms with Crippen LogP contribution in [-0.4, -0.2) is 166 Å². The van der Waals surface area contributed by atoms with E-state index >= 15 is 0 Å². The van der Waals surface area contributed by atoms with Crippen LogP contribution in [0, 0.1) is 20.8 Å². The summed E-state index contributed by atoms with van der Waals surface area (Å²) in [6.45, 7) is 17.1. The average molecular weight is 1090 g/mol. The molecule has 20 nitrogen and oxygen atoms in total. The summed E-state index contributed by atoms with van der Waals surface area (Å²) in [5.41, 5.74) is 4.15. The van der Waals surface area contributed by atoms with Gasteiger partial charge in [0.25, 0.3) is 11.8 Å². The van der Waals surface area contributed by atoms with E-state index in [9.17, 15) is 28.8 Å². The molecule has 2 aromatic heterocycles. The van der Waals surface area contributed by atoms with Gasteiger partial charge in [-0.3, -0.25) is 48.5 Å². The zero-order valence-electron chi connectivity index (χ0n) is 44.0. The first-order valence-electron chi connectivity index (χ1n) is 25.8. The van der Waals surface area contributed by atoms with Crippen molar-refractivity contribution < 1.29 is 66.7 Å². The third kappa shape index (κ3) is 16.7. The molecule has 4 amide bonds. The topological polar surface area (TPSA) is 235 Å². The maximum absolute atomic E-state index is 13.1. The summed E-state index contributed by atoms with van der Waals surface area (Å²) in [7, 11) is 0. The second kappa shape index (κ2) is 31.0. The Labute approximate surface area is 452 Å². The molecule has 1 unspecified atom stereocenters. The Bertz CT molecular complexity index is 2640. The smallest absolute Gasteiger partial charge is 0.266 e. The fourth-order valence-corrected chi connectivity index (χ4v) is 9.76. The van der Waals surface area contributed by atoms with Crippen molar-refractivity contribution in [3.63, 3.8) is 0 Å². The molecule has 1 saturated heterocycles. The van der Waals surface area contributed by atoms with Gasteiger partial charge in [0.1, 0.15) is 41.0 Å². The molecular formula is C54H69ClN6O14S. The molecule has 0 spiro atoms. The van der Waals surface area contributed by atoms with Crippen LogP contribution in [-0.2, 0) is 52.3 Å². The quantitative estimate of drug-likeness (QED) is 0.0405. The molecule has 3 aliphatic heterocycles. The molecule has 1 N–H and O–H groups in total. The Balaban J connectivity index is 0.000000250. The minimum absolute atomic E-state index is 0.0164. The van der Waals surface area contributed by atoms with E-state index in [1.165, 1.54) is 22.6 Å². The highest BCUT2D eigenvalue weighted by Gasteiger charge is 2.46. The van der Waals surface area contributed by atoms with Crippen LogP contribution in [0.5, 0.6) is 5.75 Å². The number of thiophene rings is 1. The SMILES string of the molecule is CCOCCOCCOCCCC(=O)COc1cccc2c1C(=O)N(C1CCC(=O)NC1=O)C2=O.CCOCCOCCOCCOCCCC(=O)C[C@@H]1N=C(c2ccc(Cl)cc2)c2c(sc(C)c2C)-n2c(C)nnc21. The van der Waals surface area contributed by atoms with E-state index in [0.717, 1.165) is 32.6 Å². The number of fused-ring (bicyclic) bond motifs is 4. The molecule has 22 heteroatoms. The van der Waals surface area contributed by atoms with Gasteiger partial charge in [-0.25, -0.2) is 0 Å². The molecular weight excluding hydrogens is 1020 g/mol. The molecule has 2 atom stereocenters. The summed E-state index contributed by atoms with van der Waals surface area (Å²) in [5.74, 6) is -0.937. The van der Waals surface area contributed by atoms with E-state index in [1.807, 2.05) is 45.0 Å². The number of aryl methyl sites for hydroxylation is 2. The molecule has 4 aromatic rings. The van der Waals surface area contributed by atoms with Gasteiger partial charge in [0.05, 0.1) is 82.9 Å². The number of hydrogen-bond donors (Lipinski definition) is 1. The first-order valence-corrected chi connectivity index (χ1v) is 26.9. The van der Waals surface area contributed by atoms with Crippen LogP contribution in [0.15, 0.2) is 47.5 Å². The molecule has 0 radical (unpaired) electrons. The standard InChI is InChI=1S/C30H39ClN4O5S.C24H30N2O9/c1-5-37-13-14-39-17-18-40-16-15-38-12-6-7-25(36)19-26-29-34-33-22(4)35(29)30-27(20(2)21(3)41-30)28(32-26)23-8-10-24(31)11-9-23;1-2-32-11-12-34-14-13-33-10-4-5-16(27)15-35-19-7-3-6-17-21(19)24(31)26(23(17)30)18-8-9-20(28)25-22(18)29/h8-11,26H,5-7,12-19H2,1-4H3;3,6-7,18H,2,4-5,8-15H2,1H3,(H,25,28,29)/t26-;/m0./s1. The minimum Gasteiger partial charge on any atom is -0.485 e. The van der Waals surface area contributed by atoms with Gasteiger partial charge >= 0.3 is 0 Å². The molecule has 0 bridgehead atoms. The van der Waals surface area contributed by atoms with Crippen molar-refractivity contribution >= 4 is 63.8 Å². The number of ketones is 2. The normalized spacial score (nSPS) is 15.9. The number of halogens is 1. The van der Waals surface area contributed by atoms with Crippen molar-refractivity contribution in [2.75, 3.05) is 99.1 Å². The van der Waals surface area contributed by atoms with Gasteiger partial charge in [-0.05, 0) is 83.7 Å². The maximum atomic E-state index is 13.1. The number of piperidine rings is 1. The van der Waals surface area contributed by atoms with Crippen molar-refractivity contribution in [3.8, 4) is 10.8 Å². The molecule has 412 valence electrons. The Morgan fingerprint density at radius 3 is 1.88 bits per heavy atom. The lowest BCUT2D eigenvalue weighted by Crippen LogP contribution is -2.54. The lowest BCUT2D eigenvalue weighted by molar-refractivity contribution is -0.136.